The maximum absolute atomic E-state index is 12.3. The highest BCUT2D eigenvalue weighted by molar-refractivity contribution is 5.96. The van der Waals surface area contributed by atoms with Crippen LogP contribution in [0, 0.1) is 0 Å². The second kappa shape index (κ2) is 5.81. The van der Waals surface area contributed by atoms with Crippen molar-refractivity contribution in [3.8, 4) is 5.75 Å². The fourth-order valence-electron chi connectivity index (χ4n) is 2.19. The molecule has 2 aromatic carbocycles. The van der Waals surface area contributed by atoms with Crippen LogP contribution >= 0.6 is 0 Å². The van der Waals surface area contributed by atoms with Gasteiger partial charge in [0.15, 0.2) is 0 Å². The van der Waals surface area contributed by atoms with E-state index >= 15 is 0 Å². The van der Waals surface area contributed by atoms with Gasteiger partial charge >= 0.3 is 5.97 Å². The lowest BCUT2D eigenvalue weighted by atomic mass is 10.1. The summed E-state index contributed by atoms with van der Waals surface area (Å²) in [6.45, 7) is 0.288. The maximum atomic E-state index is 12.3. The molecule has 0 atom stereocenters. The molecule has 0 saturated heterocycles. The normalized spacial score (nSPS) is 10.7. The van der Waals surface area contributed by atoms with Crippen LogP contribution in [0.2, 0.25) is 0 Å². The van der Waals surface area contributed by atoms with Crippen molar-refractivity contribution in [2.45, 2.75) is 6.61 Å². The van der Waals surface area contributed by atoms with E-state index in [1.165, 1.54) is 0 Å². The van der Waals surface area contributed by atoms with Crippen LogP contribution in [-0.4, -0.2) is 13.1 Å². The zero-order chi connectivity index (χ0) is 14.7. The predicted molar refractivity (Wildman–Crippen MR) is 78.3 cm³/mol. The average Bonchev–Trinajstić information content (AvgIpc) is 2.88. The van der Waals surface area contributed by atoms with Crippen molar-refractivity contribution in [1.29, 1.82) is 0 Å². The van der Waals surface area contributed by atoms with E-state index in [0.29, 0.717) is 16.9 Å². The molecule has 106 valence electrons. The number of para-hydroxylation sites is 2. The fourth-order valence-corrected chi connectivity index (χ4v) is 2.19. The van der Waals surface area contributed by atoms with E-state index in [1.807, 2.05) is 30.3 Å². The summed E-state index contributed by atoms with van der Waals surface area (Å²) in [5.41, 5.74) is 1.35. The van der Waals surface area contributed by atoms with Crippen molar-refractivity contribution in [3.63, 3.8) is 0 Å². The molecule has 0 amide bonds. The minimum absolute atomic E-state index is 0.182. The highest BCUT2D eigenvalue weighted by Crippen LogP contribution is 2.27. The van der Waals surface area contributed by atoms with Crippen LogP contribution in [0.3, 0.4) is 0 Å². The monoisotopic (exact) mass is 282 g/mol. The number of hydrogen-bond donors (Lipinski definition) is 0. The van der Waals surface area contributed by atoms with E-state index in [-0.39, 0.29) is 12.4 Å². The Bertz CT molecular complexity index is 759. The van der Waals surface area contributed by atoms with E-state index in [1.54, 1.807) is 31.4 Å². The average molecular weight is 282 g/mol. The van der Waals surface area contributed by atoms with Crippen molar-refractivity contribution in [3.05, 3.63) is 65.9 Å². The van der Waals surface area contributed by atoms with Crippen molar-refractivity contribution >= 4 is 16.9 Å². The highest BCUT2D eigenvalue weighted by atomic mass is 16.5. The van der Waals surface area contributed by atoms with Gasteiger partial charge in [-0.05, 0) is 18.2 Å². The maximum Gasteiger partial charge on any atom is 0.380 e. The Morgan fingerprint density at radius 2 is 1.76 bits per heavy atom. The van der Waals surface area contributed by atoms with Gasteiger partial charge in [-0.2, -0.15) is 0 Å². The summed E-state index contributed by atoms with van der Waals surface area (Å²) in [5, 5.41) is 0.861. The van der Waals surface area contributed by atoms with Gasteiger partial charge in [0.05, 0.1) is 6.61 Å². The first-order valence-corrected chi connectivity index (χ1v) is 6.56. The van der Waals surface area contributed by atoms with Gasteiger partial charge in [0, 0.05) is 18.1 Å². The largest absolute Gasteiger partial charge is 0.449 e. The van der Waals surface area contributed by atoms with Gasteiger partial charge in [0.1, 0.15) is 11.3 Å². The van der Waals surface area contributed by atoms with Gasteiger partial charge in [-0.1, -0.05) is 36.4 Å². The minimum Gasteiger partial charge on any atom is -0.449 e. The standard InChI is InChI=1S/C17H14O4/c1-19-11-14-13-9-5-6-10-15(13)21-16(14)17(18)20-12-7-3-2-4-8-12/h2-10H,11H2,1H3. The summed E-state index contributed by atoms with van der Waals surface area (Å²) in [7, 11) is 1.58. The van der Waals surface area contributed by atoms with Crippen LogP contribution < -0.4 is 4.74 Å². The van der Waals surface area contributed by atoms with Crippen LogP contribution in [0.1, 0.15) is 16.1 Å². The van der Waals surface area contributed by atoms with Gasteiger partial charge < -0.3 is 13.9 Å². The van der Waals surface area contributed by atoms with E-state index in [0.717, 1.165) is 5.39 Å². The molecule has 4 heteroatoms. The number of rotatable bonds is 4. The molecule has 0 radical (unpaired) electrons. The molecule has 3 rings (SSSR count). The molecule has 0 saturated carbocycles. The number of esters is 1. The lowest BCUT2D eigenvalue weighted by Gasteiger charge is -2.03. The first kappa shape index (κ1) is 13.4. The van der Waals surface area contributed by atoms with E-state index < -0.39 is 5.97 Å². The minimum atomic E-state index is -0.524. The van der Waals surface area contributed by atoms with E-state index in [9.17, 15) is 4.79 Å². The molecule has 0 N–H and O–H groups in total. The number of fused-ring (bicyclic) bond motifs is 1. The number of methoxy groups -OCH3 is 1. The molecule has 0 aliphatic rings. The van der Waals surface area contributed by atoms with Crippen LogP contribution in [0.4, 0.5) is 0 Å². The van der Waals surface area contributed by atoms with Gasteiger partial charge in [-0.15, -0.1) is 0 Å². The summed E-state index contributed by atoms with van der Waals surface area (Å²) in [6, 6.07) is 16.4. The number of carbonyl (C=O) groups excluding carboxylic acids is 1. The summed E-state index contributed by atoms with van der Waals surface area (Å²) in [6.07, 6.45) is 0. The number of benzene rings is 2. The molecule has 4 nitrogen and oxygen atoms in total. The predicted octanol–water partition coefficient (Wildman–Crippen LogP) is 3.80. The van der Waals surface area contributed by atoms with Crippen molar-refractivity contribution in [1.82, 2.24) is 0 Å². The van der Waals surface area contributed by atoms with Crippen LogP contribution in [-0.2, 0) is 11.3 Å². The Morgan fingerprint density at radius 1 is 1.05 bits per heavy atom. The molecule has 0 bridgehead atoms. The summed E-state index contributed by atoms with van der Waals surface area (Å²) < 4.78 is 16.1. The third-order valence-electron chi connectivity index (χ3n) is 3.13. The number of hydrogen-bond acceptors (Lipinski definition) is 4. The molecule has 1 aromatic heterocycles. The zero-order valence-corrected chi connectivity index (χ0v) is 11.5. The summed E-state index contributed by atoms with van der Waals surface area (Å²) in [5.74, 6) is 0.137. The van der Waals surface area contributed by atoms with Gasteiger partial charge in [-0.3, -0.25) is 0 Å². The molecule has 21 heavy (non-hydrogen) atoms. The van der Waals surface area contributed by atoms with Crippen LogP contribution in [0.25, 0.3) is 11.0 Å². The Labute approximate surface area is 121 Å². The molecule has 0 aliphatic heterocycles. The summed E-state index contributed by atoms with van der Waals surface area (Å²) >= 11 is 0. The number of carbonyl (C=O) groups is 1. The summed E-state index contributed by atoms with van der Waals surface area (Å²) in [4.78, 5) is 12.3. The molecular weight excluding hydrogens is 268 g/mol. The van der Waals surface area contributed by atoms with Gasteiger partial charge in [0.25, 0.3) is 0 Å². The second-order valence-electron chi connectivity index (χ2n) is 4.54. The third kappa shape index (κ3) is 2.66. The smallest absolute Gasteiger partial charge is 0.380 e. The van der Waals surface area contributed by atoms with E-state index in [4.69, 9.17) is 13.9 Å². The first-order chi connectivity index (χ1) is 10.3. The molecule has 3 aromatic rings. The van der Waals surface area contributed by atoms with Crippen molar-refractivity contribution < 1.29 is 18.7 Å². The highest BCUT2D eigenvalue weighted by Gasteiger charge is 2.22. The Kier molecular flexibility index (Phi) is 3.71. The molecule has 0 aliphatic carbocycles. The Morgan fingerprint density at radius 3 is 2.52 bits per heavy atom. The zero-order valence-electron chi connectivity index (χ0n) is 11.5. The molecule has 1 heterocycles. The van der Waals surface area contributed by atoms with Crippen LogP contribution in [0.15, 0.2) is 59.0 Å². The van der Waals surface area contributed by atoms with Crippen molar-refractivity contribution in [2.24, 2.45) is 0 Å². The SMILES string of the molecule is COCc1c(C(=O)Oc2ccccc2)oc2ccccc12. The quantitative estimate of drug-likeness (QED) is 0.539. The Balaban J connectivity index is 1.99. The molecular formula is C17H14O4. The Hall–Kier alpha value is -2.59. The van der Waals surface area contributed by atoms with Gasteiger partial charge in [-0.25, -0.2) is 4.79 Å². The fraction of sp³-hybridized carbons (Fsp3) is 0.118. The van der Waals surface area contributed by atoms with Crippen LogP contribution in [0.5, 0.6) is 5.75 Å². The lowest BCUT2D eigenvalue weighted by Crippen LogP contribution is -2.10. The lowest BCUT2D eigenvalue weighted by molar-refractivity contribution is 0.0697. The van der Waals surface area contributed by atoms with E-state index in [2.05, 4.69) is 0 Å². The topological polar surface area (TPSA) is 48.7 Å². The molecule has 0 spiro atoms. The van der Waals surface area contributed by atoms with Gasteiger partial charge in [0.2, 0.25) is 5.76 Å². The van der Waals surface area contributed by atoms with Crippen molar-refractivity contribution in [2.75, 3.05) is 7.11 Å². The first-order valence-electron chi connectivity index (χ1n) is 6.56. The molecule has 0 fully saturated rings. The number of ether oxygens (including phenoxy) is 2. The number of furan rings is 1. The second-order valence-corrected chi connectivity index (χ2v) is 4.54. The third-order valence-corrected chi connectivity index (χ3v) is 3.13. The molecule has 0 unspecified atom stereocenters.